The Morgan fingerprint density at radius 2 is 2.07 bits per heavy atom. The van der Waals surface area contributed by atoms with Crippen LogP contribution in [0.5, 0.6) is 0 Å². The molecule has 78 valence electrons. The first-order valence-corrected chi connectivity index (χ1v) is 6.19. The van der Waals surface area contributed by atoms with Gasteiger partial charge >= 0.3 is 0 Å². The molecule has 1 rings (SSSR count). The van der Waals surface area contributed by atoms with E-state index in [1.807, 2.05) is 11.8 Å². The van der Waals surface area contributed by atoms with Gasteiger partial charge in [0.2, 0.25) is 0 Å². The maximum atomic E-state index is 3.34. The van der Waals surface area contributed by atoms with E-state index in [0.29, 0.717) is 0 Å². The predicted octanol–water partition coefficient (Wildman–Crippen LogP) is 3.22. The van der Waals surface area contributed by atoms with Gasteiger partial charge in [-0.1, -0.05) is 26.0 Å². The molecular weight excluding hydrogens is 190 g/mol. The van der Waals surface area contributed by atoms with Crippen LogP contribution < -0.4 is 5.32 Å². The van der Waals surface area contributed by atoms with Gasteiger partial charge in [-0.2, -0.15) is 0 Å². The maximum Gasteiger partial charge on any atom is 0.0205 e. The summed E-state index contributed by atoms with van der Waals surface area (Å²) in [5, 5.41) is 3.34. The van der Waals surface area contributed by atoms with Crippen molar-refractivity contribution in [1.82, 2.24) is 5.32 Å². The summed E-state index contributed by atoms with van der Waals surface area (Å²) >= 11 is 1.91. The Hall–Kier alpha value is -0.470. The van der Waals surface area contributed by atoms with Crippen LogP contribution in [0.4, 0.5) is 0 Å². The summed E-state index contributed by atoms with van der Waals surface area (Å²) in [6, 6.07) is 6.73. The molecule has 1 aromatic carbocycles. The van der Waals surface area contributed by atoms with Gasteiger partial charge in [0, 0.05) is 11.4 Å². The van der Waals surface area contributed by atoms with Crippen LogP contribution in [-0.4, -0.2) is 12.3 Å². The van der Waals surface area contributed by atoms with Crippen LogP contribution in [0.25, 0.3) is 0 Å². The maximum absolute atomic E-state index is 3.34. The third kappa shape index (κ3) is 3.35. The Kier molecular flexibility index (Phi) is 5.05. The molecule has 14 heavy (non-hydrogen) atoms. The number of hydrogen-bond donors (Lipinski definition) is 1. The van der Waals surface area contributed by atoms with Crippen molar-refractivity contribution in [2.24, 2.45) is 0 Å². The SMILES string of the molecule is CCNCc1ccc(SCC)c(C)c1. The van der Waals surface area contributed by atoms with Gasteiger partial charge in [-0.3, -0.25) is 0 Å². The zero-order chi connectivity index (χ0) is 10.4. The van der Waals surface area contributed by atoms with Crippen LogP contribution >= 0.6 is 11.8 Å². The topological polar surface area (TPSA) is 12.0 Å². The van der Waals surface area contributed by atoms with E-state index in [9.17, 15) is 0 Å². The number of aryl methyl sites for hydroxylation is 1. The Bertz CT molecular complexity index is 284. The Balaban J connectivity index is 2.68. The highest BCUT2D eigenvalue weighted by Crippen LogP contribution is 2.22. The molecule has 0 fully saturated rings. The molecule has 0 atom stereocenters. The van der Waals surface area contributed by atoms with Gasteiger partial charge in [-0.25, -0.2) is 0 Å². The summed E-state index contributed by atoms with van der Waals surface area (Å²) in [5.41, 5.74) is 2.78. The summed E-state index contributed by atoms with van der Waals surface area (Å²) in [7, 11) is 0. The van der Waals surface area contributed by atoms with E-state index < -0.39 is 0 Å². The summed E-state index contributed by atoms with van der Waals surface area (Å²) in [4.78, 5) is 1.41. The number of hydrogen-bond acceptors (Lipinski definition) is 2. The lowest BCUT2D eigenvalue weighted by Gasteiger charge is -2.07. The molecule has 0 heterocycles. The first-order valence-electron chi connectivity index (χ1n) is 5.21. The van der Waals surface area contributed by atoms with E-state index in [1.54, 1.807) is 0 Å². The van der Waals surface area contributed by atoms with Crippen molar-refractivity contribution in [2.45, 2.75) is 32.2 Å². The third-order valence-corrected chi connectivity index (χ3v) is 3.18. The predicted molar refractivity (Wildman–Crippen MR) is 65.0 cm³/mol. The molecule has 0 aromatic heterocycles. The second-order valence-electron chi connectivity index (χ2n) is 3.31. The molecule has 0 aliphatic rings. The molecule has 0 unspecified atom stereocenters. The highest BCUT2D eigenvalue weighted by molar-refractivity contribution is 7.99. The zero-order valence-corrected chi connectivity index (χ0v) is 10.1. The zero-order valence-electron chi connectivity index (χ0n) is 9.26. The molecule has 0 bridgehead atoms. The van der Waals surface area contributed by atoms with Crippen LogP contribution in [0.15, 0.2) is 23.1 Å². The van der Waals surface area contributed by atoms with Crippen molar-refractivity contribution in [3.05, 3.63) is 29.3 Å². The number of thioether (sulfide) groups is 1. The summed E-state index contributed by atoms with van der Waals surface area (Å²) in [5.74, 6) is 1.15. The largest absolute Gasteiger partial charge is 0.313 e. The minimum absolute atomic E-state index is 0.981. The lowest BCUT2D eigenvalue weighted by molar-refractivity contribution is 0.726. The van der Waals surface area contributed by atoms with Crippen molar-refractivity contribution < 1.29 is 0 Å². The number of nitrogens with one attached hydrogen (secondary N) is 1. The Morgan fingerprint density at radius 1 is 1.29 bits per heavy atom. The second-order valence-corrected chi connectivity index (χ2v) is 4.62. The van der Waals surface area contributed by atoms with Crippen molar-refractivity contribution >= 4 is 11.8 Å². The number of benzene rings is 1. The fraction of sp³-hybridized carbons (Fsp3) is 0.500. The van der Waals surface area contributed by atoms with E-state index in [4.69, 9.17) is 0 Å². The van der Waals surface area contributed by atoms with Crippen LogP contribution in [0, 0.1) is 6.92 Å². The monoisotopic (exact) mass is 209 g/mol. The van der Waals surface area contributed by atoms with Gasteiger partial charge in [-0.05, 0) is 36.4 Å². The molecule has 0 amide bonds. The third-order valence-electron chi connectivity index (χ3n) is 2.12. The lowest BCUT2D eigenvalue weighted by Crippen LogP contribution is -2.11. The molecule has 0 aliphatic heterocycles. The fourth-order valence-electron chi connectivity index (χ4n) is 1.41. The van der Waals surface area contributed by atoms with E-state index in [-0.39, 0.29) is 0 Å². The van der Waals surface area contributed by atoms with Crippen molar-refractivity contribution in [3.63, 3.8) is 0 Å². The molecule has 1 nitrogen and oxygen atoms in total. The molecule has 1 aromatic rings. The number of rotatable bonds is 5. The molecule has 0 aliphatic carbocycles. The first-order chi connectivity index (χ1) is 6.77. The van der Waals surface area contributed by atoms with Crippen molar-refractivity contribution in [3.8, 4) is 0 Å². The quantitative estimate of drug-likeness (QED) is 0.747. The van der Waals surface area contributed by atoms with E-state index in [2.05, 4.69) is 44.3 Å². The highest BCUT2D eigenvalue weighted by atomic mass is 32.2. The average Bonchev–Trinajstić information content (AvgIpc) is 2.19. The average molecular weight is 209 g/mol. The van der Waals surface area contributed by atoms with E-state index in [0.717, 1.165) is 18.8 Å². The fourth-order valence-corrected chi connectivity index (χ4v) is 2.17. The van der Waals surface area contributed by atoms with Crippen LogP contribution in [-0.2, 0) is 6.54 Å². The van der Waals surface area contributed by atoms with Crippen LogP contribution in [0.3, 0.4) is 0 Å². The molecule has 0 saturated carbocycles. The minimum atomic E-state index is 0.981. The first kappa shape index (κ1) is 11.6. The molecule has 0 radical (unpaired) electrons. The molecule has 1 N–H and O–H groups in total. The van der Waals surface area contributed by atoms with Crippen LogP contribution in [0.1, 0.15) is 25.0 Å². The van der Waals surface area contributed by atoms with Gasteiger partial charge in [0.1, 0.15) is 0 Å². The van der Waals surface area contributed by atoms with Gasteiger partial charge in [0.05, 0.1) is 0 Å². The second kappa shape index (κ2) is 6.10. The molecule has 0 saturated heterocycles. The van der Waals surface area contributed by atoms with E-state index >= 15 is 0 Å². The van der Waals surface area contributed by atoms with Crippen molar-refractivity contribution in [1.29, 1.82) is 0 Å². The summed E-state index contributed by atoms with van der Waals surface area (Å²) in [6.07, 6.45) is 0. The minimum Gasteiger partial charge on any atom is -0.313 e. The molecular formula is C12H19NS. The van der Waals surface area contributed by atoms with E-state index in [1.165, 1.54) is 16.0 Å². The summed E-state index contributed by atoms with van der Waals surface area (Å²) < 4.78 is 0. The molecule has 0 spiro atoms. The standard InChI is InChI=1S/C12H19NS/c1-4-13-9-11-6-7-12(14-5-2)10(3)8-11/h6-8,13H,4-5,9H2,1-3H3. The summed E-state index contributed by atoms with van der Waals surface area (Å²) in [6.45, 7) is 8.52. The van der Waals surface area contributed by atoms with Crippen molar-refractivity contribution in [2.75, 3.05) is 12.3 Å². The smallest absolute Gasteiger partial charge is 0.0205 e. The van der Waals surface area contributed by atoms with Gasteiger partial charge in [0.25, 0.3) is 0 Å². The molecule has 2 heteroatoms. The van der Waals surface area contributed by atoms with Gasteiger partial charge in [-0.15, -0.1) is 11.8 Å². The Labute approximate surface area is 91.3 Å². The Morgan fingerprint density at radius 3 is 2.64 bits per heavy atom. The lowest BCUT2D eigenvalue weighted by atomic mass is 10.1. The van der Waals surface area contributed by atoms with Crippen LogP contribution in [0.2, 0.25) is 0 Å². The normalized spacial score (nSPS) is 10.5. The highest BCUT2D eigenvalue weighted by Gasteiger charge is 1.99. The van der Waals surface area contributed by atoms with Gasteiger partial charge < -0.3 is 5.32 Å². The van der Waals surface area contributed by atoms with Gasteiger partial charge in [0.15, 0.2) is 0 Å².